The Labute approximate surface area is 123 Å². The number of benzene rings is 1. The van der Waals surface area contributed by atoms with Gasteiger partial charge in [-0.25, -0.2) is 9.59 Å². The highest BCUT2D eigenvalue weighted by Crippen LogP contribution is 2.15. The number of carbonyl (C=O) groups excluding carboxylic acids is 1. The number of esters is 1. The van der Waals surface area contributed by atoms with E-state index in [-0.39, 0.29) is 0 Å². The van der Waals surface area contributed by atoms with E-state index in [0.717, 1.165) is 24.5 Å². The number of aliphatic carboxylic acids is 1. The van der Waals surface area contributed by atoms with Gasteiger partial charge in [0.05, 0.1) is 12.2 Å². The van der Waals surface area contributed by atoms with Gasteiger partial charge in [0.1, 0.15) is 0 Å². The van der Waals surface area contributed by atoms with Crippen LogP contribution in [0, 0.1) is 0 Å². The molecule has 0 aliphatic rings. The molecule has 0 saturated heterocycles. The van der Waals surface area contributed by atoms with Crippen molar-refractivity contribution in [3.8, 4) is 0 Å². The molecule has 5 heteroatoms. The van der Waals surface area contributed by atoms with E-state index < -0.39 is 11.9 Å². The molecule has 0 radical (unpaired) electrons. The second kappa shape index (κ2) is 8.38. The van der Waals surface area contributed by atoms with Crippen molar-refractivity contribution in [2.45, 2.75) is 19.8 Å². The fourth-order valence-electron chi connectivity index (χ4n) is 1.73. The van der Waals surface area contributed by atoms with E-state index >= 15 is 0 Å². The lowest BCUT2D eigenvalue weighted by Crippen LogP contribution is -2.06. The summed E-state index contributed by atoms with van der Waals surface area (Å²) in [6.45, 7) is 2.03. The molecule has 0 unspecified atom stereocenters. The topological polar surface area (TPSA) is 63.6 Å². The van der Waals surface area contributed by atoms with E-state index in [1.165, 1.54) is 6.08 Å². The molecule has 0 spiro atoms. The minimum Gasteiger partial charge on any atom is -0.478 e. The molecular weight excluding hydrogens is 280 g/mol. The van der Waals surface area contributed by atoms with Crippen LogP contribution in [0.4, 0.5) is 0 Å². The van der Waals surface area contributed by atoms with Crippen LogP contribution in [0.3, 0.4) is 0 Å². The van der Waals surface area contributed by atoms with Crippen LogP contribution in [0.1, 0.15) is 34.8 Å². The van der Waals surface area contributed by atoms with E-state index in [1.54, 1.807) is 19.1 Å². The van der Waals surface area contributed by atoms with Crippen molar-refractivity contribution >= 4 is 29.6 Å². The molecule has 1 N–H and O–H groups in total. The van der Waals surface area contributed by atoms with Gasteiger partial charge in [-0.05, 0) is 49.1 Å². The van der Waals surface area contributed by atoms with Crippen molar-refractivity contribution in [2.24, 2.45) is 0 Å². The molecule has 0 bridgehead atoms. The second-order valence-electron chi connectivity index (χ2n) is 4.15. The number of alkyl halides is 1. The van der Waals surface area contributed by atoms with E-state index in [9.17, 15) is 9.59 Å². The molecule has 1 aromatic rings. The molecule has 1 rings (SSSR count). The first-order valence-corrected chi connectivity index (χ1v) is 6.88. The zero-order valence-electron chi connectivity index (χ0n) is 11.3. The molecule has 0 atom stereocenters. The van der Waals surface area contributed by atoms with Crippen LogP contribution in [-0.2, 0) is 16.0 Å². The largest absolute Gasteiger partial charge is 0.478 e. The predicted octanol–water partition coefficient (Wildman–Crippen LogP) is 3.13. The van der Waals surface area contributed by atoms with Crippen LogP contribution < -0.4 is 0 Å². The van der Waals surface area contributed by atoms with Gasteiger partial charge in [0.25, 0.3) is 0 Å². The van der Waals surface area contributed by atoms with Crippen LogP contribution in [-0.4, -0.2) is 29.5 Å². The third kappa shape index (κ3) is 5.45. The fourth-order valence-corrected chi connectivity index (χ4v) is 1.86. The van der Waals surface area contributed by atoms with Crippen molar-refractivity contribution < 1.29 is 19.4 Å². The third-order valence-corrected chi connectivity index (χ3v) is 2.81. The highest BCUT2D eigenvalue weighted by molar-refractivity contribution is 6.17. The number of rotatable bonds is 7. The Kier molecular flexibility index (Phi) is 6.81. The molecule has 1 aromatic carbocycles. The van der Waals surface area contributed by atoms with E-state index in [2.05, 4.69) is 0 Å². The van der Waals surface area contributed by atoms with Gasteiger partial charge in [0, 0.05) is 12.0 Å². The molecule has 0 fully saturated rings. The van der Waals surface area contributed by atoms with E-state index in [0.29, 0.717) is 23.6 Å². The molecule has 4 nitrogen and oxygen atoms in total. The van der Waals surface area contributed by atoms with Gasteiger partial charge in [-0.15, -0.1) is 11.6 Å². The summed E-state index contributed by atoms with van der Waals surface area (Å²) >= 11 is 5.66. The van der Waals surface area contributed by atoms with Crippen molar-refractivity contribution in [3.05, 3.63) is 41.0 Å². The first-order valence-electron chi connectivity index (χ1n) is 6.35. The lowest BCUT2D eigenvalue weighted by Gasteiger charge is -2.07. The summed E-state index contributed by atoms with van der Waals surface area (Å²) in [5, 5.41) is 8.65. The van der Waals surface area contributed by atoms with Gasteiger partial charge < -0.3 is 9.84 Å². The minimum atomic E-state index is -1.03. The van der Waals surface area contributed by atoms with Crippen molar-refractivity contribution in [2.75, 3.05) is 12.5 Å². The lowest BCUT2D eigenvalue weighted by atomic mass is 10.0. The summed E-state index contributed by atoms with van der Waals surface area (Å²) in [7, 11) is 0. The average molecular weight is 297 g/mol. The molecule has 0 aliphatic carbocycles. The highest BCUT2D eigenvalue weighted by atomic mass is 35.5. The Morgan fingerprint density at radius 1 is 1.35 bits per heavy atom. The number of carbonyl (C=O) groups is 2. The third-order valence-electron chi connectivity index (χ3n) is 2.54. The Hall–Kier alpha value is -1.81. The van der Waals surface area contributed by atoms with Gasteiger partial charge in [0.2, 0.25) is 0 Å². The first kappa shape index (κ1) is 16.2. The maximum absolute atomic E-state index is 11.8. The number of carboxylic acid groups (broad SMARTS) is 1. The monoisotopic (exact) mass is 296 g/mol. The summed E-state index contributed by atoms with van der Waals surface area (Å²) in [5.41, 5.74) is 2.01. The Balaban J connectivity index is 3.06. The number of hydrogen-bond donors (Lipinski definition) is 1. The zero-order valence-corrected chi connectivity index (χ0v) is 12.0. The molecule has 108 valence electrons. The number of carboxylic acids is 1. The van der Waals surface area contributed by atoms with Crippen molar-refractivity contribution in [3.63, 3.8) is 0 Å². The minimum absolute atomic E-state index is 0.297. The Morgan fingerprint density at radius 3 is 2.70 bits per heavy atom. The molecular formula is C15H17ClO4. The molecule has 0 aromatic heterocycles. The predicted molar refractivity (Wildman–Crippen MR) is 78.1 cm³/mol. The van der Waals surface area contributed by atoms with Crippen LogP contribution >= 0.6 is 11.6 Å². The molecule has 20 heavy (non-hydrogen) atoms. The van der Waals surface area contributed by atoms with Crippen LogP contribution in [0.2, 0.25) is 0 Å². The zero-order chi connectivity index (χ0) is 15.0. The normalized spacial score (nSPS) is 10.7. The van der Waals surface area contributed by atoms with Crippen LogP contribution in [0.25, 0.3) is 6.08 Å². The highest BCUT2D eigenvalue weighted by Gasteiger charge is 2.09. The van der Waals surface area contributed by atoms with Gasteiger partial charge in [-0.3, -0.25) is 0 Å². The molecule has 0 amide bonds. The first-order chi connectivity index (χ1) is 9.56. The molecule has 0 aliphatic heterocycles. The van der Waals surface area contributed by atoms with Crippen LogP contribution in [0.15, 0.2) is 24.3 Å². The van der Waals surface area contributed by atoms with Crippen LogP contribution in [0.5, 0.6) is 0 Å². The lowest BCUT2D eigenvalue weighted by molar-refractivity contribution is -0.131. The summed E-state index contributed by atoms with van der Waals surface area (Å²) in [5.74, 6) is -0.914. The molecule has 0 saturated carbocycles. The quantitative estimate of drug-likeness (QED) is 0.477. The van der Waals surface area contributed by atoms with Gasteiger partial charge >= 0.3 is 11.9 Å². The van der Waals surface area contributed by atoms with Gasteiger partial charge in [-0.1, -0.05) is 6.07 Å². The SMILES string of the molecule is CCOC(=O)c1cc(/C=C/C(=O)O)cc(CCCCl)c1. The fraction of sp³-hybridized carbons (Fsp3) is 0.333. The maximum Gasteiger partial charge on any atom is 0.338 e. The number of halogens is 1. The van der Waals surface area contributed by atoms with Crippen molar-refractivity contribution in [1.82, 2.24) is 0 Å². The summed E-state index contributed by atoms with van der Waals surface area (Å²) < 4.78 is 4.96. The molecule has 0 heterocycles. The van der Waals surface area contributed by atoms with Crippen molar-refractivity contribution in [1.29, 1.82) is 0 Å². The maximum atomic E-state index is 11.8. The van der Waals surface area contributed by atoms with E-state index in [4.69, 9.17) is 21.4 Å². The summed E-state index contributed by atoms with van der Waals surface area (Å²) in [6.07, 6.45) is 4.01. The second-order valence-corrected chi connectivity index (χ2v) is 4.53. The number of hydrogen-bond acceptors (Lipinski definition) is 3. The van der Waals surface area contributed by atoms with Gasteiger partial charge in [-0.2, -0.15) is 0 Å². The number of aryl methyl sites for hydroxylation is 1. The summed E-state index contributed by atoms with van der Waals surface area (Å²) in [6, 6.07) is 5.21. The summed E-state index contributed by atoms with van der Waals surface area (Å²) in [4.78, 5) is 22.3. The Morgan fingerprint density at radius 2 is 2.10 bits per heavy atom. The van der Waals surface area contributed by atoms with E-state index in [1.807, 2.05) is 6.07 Å². The average Bonchev–Trinajstić information content (AvgIpc) is 2.43. The number of ether oxygens (including phenoxy) is 1. The standard InChI is InChI=1S/C15H17ClO4/c1-2-20-15(19)13-9-11(4-3-7-16)8-12(10-13)5-6-14(17)18/h5-6,8-10H,2-4,7H2,1H3,(H,17,18)/b6-5+. The van der Waals surface area contributed by atoms with Gasteiger partial charge in [0.15, 0.2) is 0 Å². The smallest absolute Gasteiger partial charge is 0.338 e. The Bertz CT molecular complexity index is 509.